The largest absolute Gasteiger partial charge is 0.396 e. The molecule has 0 rings (SSSR count). The monoisotopic (exact) mass is 230 g/mol. The summed E-state index contributed by atoms with van der Waals surface area (Å²) in [6, 6.07) is 0.433. The molecule has 0 aliphatic carbocycles. The molecule has 0 aromatic heterocycles. The van der Waals surface area contributed by atoms with E-state index in [1.807, 2.05) is 0 Å². The van der Waals surface area contributed by atoms with E-state index in [-0.39, 0.29) is 12.1 Å². The maximum atomic E-state index is 8.79. The van der Waals surface area contributed by atoms with Crippen LogP contribution >= 0.6 is 0 Å². The topological polar surface area (TPSA) is 58.3 Å². The molecule has 0 amide bonds. The van der Waals surface area contributed by atoms with Gasteiger partial charge < -0.3 is 16.2 Å². The van der Waals surface area contributed by atoms with Crippen molar-refractivity contribution in [3.63, 3.8) is 0 Å². The lowest BCUT2D eigenvalue weighted by Crippen LogP contribution is -2.52. The molecule has 0 aromatic rings. The first-order valence-corrected chi connectivity index (χ1v) is 6.66. The second kappa shape index (κ2) is 8.97. The third kappa shape index (κ3) is 7.20. The normalized spacial score (nSPS) is 17.1. The molecule has 0 heterocycles. The fourth-order valence-corrected chi connectivity index (χ4v) is 2.06. The zero-order valence-electron chi connectivity index (χ0n) is 11.3. The van der Waals surface area contributed by atoms with Crippen LogP contribution in [0.3, 0.4) is 0 Å². The van der Waals surface area contributed by atoms with Gasteiger partial charge >= 0.3 is 0 Å². The molecule has 2 atom stereocenters. The van der Waals surface area contributed by atoms with E-state index in [0.717, 1.165) is 19.3 Å². The zero-order chi connectivity index (χ0) is 12.4. The molecule has 3 nitrogen and oxygen atoms in total. The van der Waals surface area contributed by atoms with Crippen LogP contribution in [0, 0.1) is 0 Å². The highest BCUT2D eigenvalue weighted by Crippen LogP contribution is 2.15. The SMILES string of the molecule is CCCCCC(C)(CN)NC(C)CCCO. The van der Waals surface area contributed by atoms with Gasteiger partial charge in [-0.2, -0.15) is 0 Å². The molecule has 0 spiro atoms. The van der Waals surface area contributed by atoms with E-state index < -0.39 is 0 Å². The predicted molar refractivity (Wildman–Crippen MR) is 70.5 cm³/mol. The van der Waals surface area contributed by atoms with Crippen molar-refractivity contribution in [2.45, 2.75) is 70.9 Å². The molecular formula is C13H30N2O. The van der Waals surface area contributed by atoms with Crippen LogP contribution in [0.1, 0.15) is 59.3 Å². The van der Waals surface area contributed by atoms with Gasteiger partial charge in [0.05, 0.1) is 0 Å². The molecule has 0 bridgehead atoms. The van der Waals surface area contributed by atoms with Crippen molar-refractivity contribution >= 4 is 0 Å². The number of rotatable bonds is 10. The second-order valence-electron chi connectivity index (χ2n) is 5.13. The summed E-state index contributed by atoms with van der Waals surface area (Å²) in [6.07, 6.45) is 6.79. The van der Waals surface area contributed by atoms with Gasteiger partial charge in [-0.25, -0.2) is 0 Å². The van der Waals surface area contributed by atoms with E-state index in [4.69, 9.17) is 10.8 Å². The summed E-state index contributed by atoms with van der Waals surface area (Å²) < 4.78 is 0. The first-order chi connectivity index (χ1) is 7.58. The van der Waals surface area contributed by atoms with Crippen LogP contribution in [-0.4, -0.2) is 29.8 Å². The summed E-state index contributed by atoms with van der Waals surface area (Å²) >= 11 is 0. The van der Waals surface area contributed by atoms with Crippen LogP contribution in [0.25, 0.3) is 0 Å². The Bertz CT molecular complexity index is 164. The van der Waals surface area contributed by atoms with Gasteiger partial charge in [0.2, 0.25) is 0 Å². The van der Waals surface area contributed by atoms with Crippen LogP contribution in [0.4, 0.5) is 0 Å². The molecule has 0 aliphatic heterocycles. The van der Waals surface area contributed by atoms with Gasteiger partial charge in [0.25, 0.3) is 0 Å². The van der Waals surface area contributed by atoms with Gasteiger partial charge in [-0.15, -0.1) is 0 Å². The summed E-state index contributed by atoms with van der Waals surface area (Å²) in [7, 11) is 0. The van der Waals surface area contributed by atoms with Crippen LogP contribution in [0.5, 0.6) is 0 Å². The fraction of sp³-hybridized carbons (Fsp3) is 1.00. The van der Waals surface area contributed by atoms with Gasteiger partial charge in [-0.3, -0.25) is 0 Å². The summed E-state index contributed by atoms with van der Waals surface area (Å²) in [5.74, 6) is 0. The molecule has 0 fully saturated rings. The first kappa shape index (κ1) is 15.9. The molecule has 16 heavy (non-hydrogen) atoms. The maximum absolute atomic E-state index is 8.79. The van der Waals surface area contributed by atoms with Gasteiger partial charge in [0.1, 0.15) is 0 Å². The van der Waals surface area contributed by atoms with Crippen molar-refractivity contribution in [2.24, 2.45) is 5.73 Å². The number of hydrogen-bond acceptors (Lipinski definition) is 3. The number of hydrogen-bond donors (Lipinski definition) is 3. The molecule has 0 saturated heterocycles. The molecule has 0 saturated carbocycles. The third-order valence-electron chi connectivity index (χ3n) is 3.17. The highest BCUT2D eigenvalue weighted by molar-refractivity contribution is 4.86. The Labute approximate surface area is 101 Å². The van der Waals surface area contributed by atoms with Crippen molar-refractivity contribution in [2.75, 3.05) is 13.2 Å². The molecule has 2 unspecified atom stereocenters. The lowest BCUT2D eigenvalue weighted by atomic mass is 9.93. The average Bonchev–Trinajstić information content (AvgIpc) is 2.26. The Balaban J connectivity index is 3.93. The zero-order valence-corrected chi connectivity index (χ0v) is 11.3. The smallest absolute Gasteiger partial charge is 0.0431 e. The van der Waals surface area contributed by atoms with Crippen LogP contribution in [0.15, 0.2) is 0 Å². The van der Waals surface area contributed by atoms with Crippen LogP contribution in [-0.2, 0) is 0 Å². The first-order valence-electron chi connectivity index (χ1n) is 6.66. The molecule has 98 valence electrons. The van der Waals surface area contributed by atoms with Crippen molar-refractivity contribution < 1.29 is 5.11 Å². The Hall–Kier alpha value is -0.120. The standard InChI is InChI=1S/C13H30N2O/c1-4-5-6-9-13(3,11-14)15-12(2)8-7-10-16/h12,15-16H,4-11,14H2,1-3H3. The van der Waals surface area contributed by atoms with E-state index in [1.54, 1.807) is 0 Å². The van der Waals surface area contributed by atoms with Gasteiger partial charge in [-0.05, 0) is 33.1 Å². The van der Waals surface area contributed by atoms with Crippen molar-refractivity contribution in [3.8, 4) is 0 Å². The van der Waals surface area contributed by atoms with Crippen molar-refractivity contribution in [3.05, 3.63) is 0 Å². The minimum Gasteiger partial charge on any atom is -0.396 e. The quantitative estimate of drug-likeness (QED) is 0.503. The van der Waals surface area contributed by atoms with E-state index in [9.17, 15) is 0 Å². The summed E-state index contributed by atoms with van der Waals surface area (Å²) in [5.41, 5.74) is 5.91. The minimum absolute atomic E-state index is 0.0596. The van der Waals surface area contributed by atoms with E-state index >= 15 is 0 Å². The highest BCUT2D eigenvalue weighted by Gasteiger charge is 2.23. The van der Waals surface area contributed by atoms with E-state index in [1.165, 1.54) is 19.3 Å². The van der Waals surface area contributed by atoms with E-state index in [0.29, 0.717) is 12.6 Å². The van der Waals surface area contributed by atoms with Crippen molar-refractivity contribution in [1.29, 1.82) is 0 Å². The molecule has 4 N–H and O–H groups in total. The van der Waals surface area contributed by atoms with Gasteiger partial charge in [-0.1, -0.05) is 26.2 Å². The number of nitrogens with one attached hydrogen (secondary N) is 1. The molecule has 0 aliphatic rings. The minimum atomic E-state index is 0.0596. The number of unbranched alkanes of at least 4 members (excludes halogenated alkanes) is 2. The lowest BCUT2D eigenvalue weighted by molar-refractivity contribution is 0.252. The number of aliphatic hydroxyl groups is 1. The number of aliphatic hydroxyl groups excluding tert-OH is 1. The molecule has 3 heteroatoms. The van der Waals surface area contributed by atoms with Crippen molar-refractivity contribution in [1.82, 2.24) is 5.32 Å². The Morgan fingerprint density at radius 2 is 2.00 bits per heavy atom. The maximum Gasteiger partial charge on any atom is 0.0431 e. The van der Waals surface area contributed by atoms with Crippen LogP contribution in [0.2, 0.25) is 0 Å². The molecular weight excluding hydrogens is 200 g/mol. The van der Waals surface area contributed by atoms with Gasteiger partial charge in [0, 0.05) is 24.7 Å². The van der Waals surface area contributed by atoms with Gasteiger partial charge in [0.15, 0.2) is 0 Å². The highest BCUT2D eigenvalue weighted by atomic mass is 16.2. The van der Waals surface area contributed by atoms with E-state index in [2.05, 4.69) is 26.1 Å². The average molecular weight is 230 g/mol. The third-order valence-corrected chi connectivity index (χ3v) is 3.17. The fourth-order valence-electron chi connectivity index (χ4n) is 2.06. The second-order valence-corrected chi connectivity index (χ2v) is 5.13. The Morgan fingerprint density at radius 3 is 2.50 bits per heavy atom. The summed E-state index contributed by atoms with van der Waals surface area (Å²) in [5, 5.41) is 12.4. The number of nitrogens with two attached hydrogens (primary N) is 1. The predicted octanol–water partition coefficient (Wildman–Crippen LogP) is 2.03. The lowest BCUT2D eigenvalue weighted by Gasteiger charge is -2.33. The van der Waals surface area contributed by atoms with Crippen LogP contribution < -0.4 is 11.1 Å². The Morgan fingerprint density at radius 1 is 1.31 bits per heavy atom. The molecule has 0 radical (unpaired) electrons. The summed E-state index contributed by atoms with van der Waals surface area (Å²) in [4.78, 5) is 0. The Kier molecular flexibility index (Phi) is 8.90. The molecule has 0 aromatic carbocycles. The summed E-state index contributed by atoms with van der Waals surface area (Å²) in [6.45, 7) is 7.56.